The van der Waals surface area contributed by atoms with E-state index in [9.17, 15) is 0 Å². The fraction of sp³-hybridized carbons (Fsp3) is 0.200. The van der Waals surface area contributed by atoms with E-state index in [2.05, 4.69) is 35.2 Å². The van der Waals surface area contributed by atoms with Gasteiger partial charge >= 0.3 is 0 Å². The van der Waals surface area contributed by atoms with E-state index in [-0.39, 0.29) is 12.1 Å². The Morgan fingerprint density at radius 2 is 1.62 bits per heavy atom. The van der Waals surface area contributed by atoms with E-state index < -0.39 is 0 Å². The highest BCUT2D eigenvalue weighted by atomic mass is 16.5. The molecule has 0 aliphatic heterocycles. The van der Waals surface area contributed by atoms with Crippen LogP contribution in [0.1, 0.15) is 37.2 Å². The highest BCUT2D eigenvalue weighted by Crippen LogP contribution is 2.30. The van der Waals surface area contributed by atoms with Crippen LogP contribution in [-0.4, -0.2) is 9.97 Å². The molecular formula is C20H21N3O. The topological polar surface area (TPSA) is 47.0 Å². The van der Waals surface area contributed by atoms with Crippen LogP contribution in [0, 0.1) is 0 Å². The predicted molar refractivity (Wildman–Crippen MR) is 95.0 cm³/mol. The molecule has 3 rings (SSSR count). The smallest absolute Gasteiger partial charge is 0.132 e. The Balaban J connectivity index is 1.76. The maximum Gasteiger partial charge on any atom is 0.132 e. The maximum atomic E-state index is 6.05. The maximum absolute atomic E-state index is 6.05. The molecule has 0 radical (unpaired) electrons. The van der Waals surface area contributed by atoms with Crippen molar-refractivity contribution in [2.24, 2.45) is 0 Å². The Hall–Kier alpha value is -2.72. The van der Waals surface area contributed by atoms with E-state index in [4.69, 9.17) is 4.74 Å². The van der Waals surface area contributed by atoms with Gasteiger partial charge in [0.05, 0.1) is 5.69 Å². The third-order valence-electron chi connectivity index (χ3n) is 3.88. The lowest BCUT2D eigenvalue weighted by atomic mass is 10.1. The predicted octanol–water partition coefficient (Wildman–Crippen LogP) is 4.68. The van der Waals surface area contributed by atoms with Crippen LogP contribution in [0.15, 0.2) is 73.2 Å². The fourth-order valence-corrected chi connectivity index (χ4v) is 2.63. The van der Waals surface area contributed by atoms with Gasteiger partial charge in [0.15, 0.2) is 0 Å². The number of rotatable bonds is 6. The van der Waals surface area contributed by atoms with Gasteiger partial charge < -0.3 is 10.1 Å². The van der Waals surface area contributed by atoms with Gasteiger partial charge in [-0.15, -0.1) is 0 Å². The molecule has 4 nitrogen and oxygen atoms in total. The summed E-state index contributed by atoms with van der Waals surface area (Å²) in [7, 11) is 0. The minimum atomic E-state index is 0.0958. The zero-order valence-electron chi connectivity index (χ0n) is 13.9. The summed E-state index contributed by atoms with van der Waals surface area (Å²) in [5.41, 5.74) is 2.03. The van der Waals surface area contributed by atoms with Crippen molar-refractivity contribution in [1.29, 1.82) is 0 Å². The van der Waals surface area contributed by atoms with Crippen molar-refractivity contribution in [2.75, 3.05) is 0 Å². The SMILES string of the molecule is C[C@@H](N[C@H](C)c1ccccc1Oc1ccccc1)c1cnccn1. The molecule has 2 aromatic carbocycles. The van der Waals surface area contributed by atoms with E-state index in [0.29, 0.717) is 0 Å². The second-order valence-electron chi connectivity index (χ2n) is 5.69. The molecule has 0 amide bonds. The van der Waals surface area contributed by atoms with Crippen molar-refractivity contribution in [1.82, 2.24) is 15.3 Å². The monoisotopic (exact) mass is 319 g/mol. The number of hydrogen-bond acceptors (Lipinski definition) is 4. The summed E-state index contributed by atoms with van der Waals surface area (Å²) in [6, 6.07) is 18.1. The van der Waals surface area contributed by atoms with Gasteiger partial charge in [-0.05, 0) is 32.0 Å². The van der Waals surface area contributed by atoms with Gasteiger partial charge in [0.2, 0.25) is 0 Å². The molecule has 24 heavy (non-hydrogen) atoms. The number of nitrogens with zero attached hydrogens (tertiary/aromatic N) is 2. The average molecular weight is 319 g/mol. The van der Waals surface area contributed by atoms with Crippen LogP contribution in [0.3, 0.4) is 0 Å². The minimum Gasteiger partial charge on any atom is -0.457 e. The van der Waals surface area contributed by atoms with Crippen molar-refractivity contribution in [2.45, 2.75) is 25.9 Å². The molecule has 0 saturated heterocycles. The molecule has 4 heteroatoms. The largest absolute Gasteiger partial charge is 0.457 e. The summed E-state index contributed by atoms with van der Waals surface area (Å²) < 4.78 is 6.05. The van der Waals surface area contributed by atoms with Crippen LogP contribution in [0.5, 0.6) is 11.5 Å². The quantitative estimate of drug-likeness (QED) is 0.716. The van der Waals surface area contributed by atoms with Crippen LogP contribution in [-0.2, 0) is 0 Å². The number of benzene rings is 2. The van der Waals surface area contributed by atoms with Gasteiger partial charge in [-0.25, -0.2) is 0 Å². The molecular weight excluding hydrogens is 298 g/mol. The number of aromatic nitrogens is 2. The molecule has 0 aliphatic rings. The molecule has 1 heterocycles. The standard InChI is InChI=1S/C20H21N3O/c1-15(23-16(2)19-14-21-12-13-22-19)18-10-6-7-11-20(18)24-17-8-4-3-5-9-17/h3-16,23H,1-2H3/t15-,16-/m1/s1. The van der Waals surface area contributed by atoms with Crippen LogP contribution >= 0.6 is 0 Å². The molecule has 0 aliphatic carbocycles. The van der Waals surface area contributed by atoms with Gasteiger partial charge in [-0.3, -0.25) is 9.97 Å². The number of para-hydroxylation sites is 2. The minimum absolute atomic E-state index is 0.0958. The normalized spacial score (nSPS) is 13.2. The molecule has 122 valence electrons. The van der Waals surface area contributed by atoms with E-state index in [0.717, 1.165) is 22.8 Å². The summed E-state index contributed by atoms with van der Waals surface area (Å²) in [6.45, 7) is 4.21. The van der Waals surface area contributed by atoms with Crippen LogP contribution in [0.4, 0.5) is 0 Å². The molecule has 0 spiro atoms. The Bertz CT molecular complexity index is 762. The summed E-state index contributed by atoms with van der Waals surface area (Å²) in [5, 5.41) is 3.56. The average Bonchev–Trinajstić information content (AvgIpc) is 2.63. The highest BCUT2D eigenvalue weighted by molar-refractivity contribution is 5.39. The number of ether oxygens (including phenoxy) is 1. The molecule has 2 atom stereocenters. The lowest BCUT2D eigenvalue weighted by molar-refractivity contribution is 0.442. The van der Waals surface area contributed by atoms with Gasteiger partial charge in [0.1, 0.15) is 11.5 Å². The summed E-state index contributed by atoms with van der Waals surface area (Å²) >= 11 is 0. The molecule has 0 bridgehead atoms. The first-order valence-corrected chi connectivity index (χ1v) is 8.08. The number of nitrogens with one attached hydrogen (secondary N) is 1. The van der Waals surface area contributed by atoms with E-state index >= 15 is 0 Å². The zero-order chi connectivity index (χ0) is 16.8. The lowest BCUT2D eigenvalue weighted by Crippen LogP contribution is -2.23. The summed E-state index contributed by atoms with van der Waals surface area (Å²) in [4.78, 5) is 8.49. The third kappa shape index (κ3) is 3.97. The molecule has 0 fully saturated rings. The Morgan fingerprint density at radius 3 is 2.38 bits per heavy atom. The van der Waals surface area contributed by atoms with Crippen LogP contribution < -0.4 is 10.1 Å². The lowest BCUT2D eigenvalue weighted by Gasteiger charge is -2.22. The Morgan fingerprint density at radius 1 is 0.875 bits per heavy atom. The summed E-state index contributed by atoms with van der Waals surface area (Å²) in [6.07, 6.45) is 5.18. The molecule has 1 aromatic heterocycles. The third-order valence-corrected chi connectivity index (χ3v) is 3.88. The van der Waals surface area contributed by atoms with Crippen molar-refractivity contribution in [3.63, 3.8) is 0 Å². The van der Waals surface area contributed by atoms with E-state index in [1.165, 1.54) is 0 Å². The van der Waals surface area contributed by atoms with Crippen molar-refractivity contribution >= 4 is 0 Å². The first kappa shape index (κ1) is 16.1. The van der Waals surface area contributed by atoms with Gasteiger partial charge in [0.25, 0.3) is 0 Å². The highest BCUT2D eigenvalue weighted by Gasteiger charge is 2.16. The van der Waals surface area contributed by atoms with Gasteiger partial charge in [-0.1, -0.05) is 36.4 Å². The molecule has 0 unspecified atom stereocenters. The first-order chi connectivity index (χ1) is 11.7. The van der Waals surface area contributed by atoms with Crippen molar-refractivity contribution in [3.05, 3.63) is 84.4 Å². The van der Waals surface area contributed by atoms with Crippen molar-refractivity contribution < 1.29 is 4.74 Å². The first-order valence-electron chi connectivity index (χ1n) is 8.08. The second-order valence-corrected chi connectivity index (χ2v) is 5.69. The Labute approximate surface area is 142 Å². The molecule has 1 N–H and O–H groups in total. The molecule has 3 aromatic rings. The fourth-order valence-electron chi connectivity index (χ4n) is 2.63. The van der Waals surface area contributed by atoms with E-state index in [1.807, 2.05) is 48.5 Å². The van der Waals surface area contributed by atoms with E-state index in [1.54, 1.807) is 18.6 Å². The Kier molecular flexibility index (Phi) is 5.18. The van der Waals surface area contributed by atoms with Gasteiger partial charge in [-0.2, -0.15) is 0 Å². The van der Waals surface area contributed by atoms with Gasteiger partial charge in [0, 0.05) is 36.2 Å². The van der Waals surface area contributed by atoms with Crippen LogP contribution in [0.2, 0.25) is 0 Å². The zero-order valence-corrected chi connectivity index (χ0v) is 13.9. The second kappa shape index (κ2) is 7.70. The van der Waals surface area contributed by atoms with Crippen LogP contribution in [0.25, 0.3) is 0 Å². The molecule has 0 saturated carbocycles. The number of hydrogen-bond donors (Lipinski definition) is 1. The summed E-state index contributed by atoms with van der Waals surface area (Å²) in [5.74, 6) is 1.69. The van der Waals surface area contributed by atoms with Crippen molar-refractivity contribution in [3.8, 4) is 11.5 Å².